The molecule has 0 bridgehead atoms. The molecule has 0 saturated heterocycles. The first-order valence-corrected chi connectivity index (χ1v) is 3.29. The summed E-state index contributed by atoms with van der Waals surface area (Å²) in [5.41, 5.74) is 0. The Kier molecular flexibility index (Phi) is 37.6. The van der Waals surface area contributed by atoms with Crippen molar-refractivity contribution in [2.24, 2.45) is 0 Å². The van der Waals surface area contributed by atoms with Crippen LogP contribution in [-0.2, 0) is 21.1 Å². The van der Waals surface area contributed by atoms with Gasteiger partial charge in [-0.1, -0.05) is 0 Å². The van der Waals surface area contributed by atoms with E-state index in [2.05, 4.69) is 0 Å². The molecule has 0 aliphatic rings. The van der Waals surface area contributed by atoms with Gasteiger partial charge in [-0.05, 0) is 0 Å². The van der Waals surface area contributed by atoms with E-state index >= 15 is 0 Å². The van der Waals surface area contributed by atoms with Crippen LogP contribution in [0.5, 0.6) is 0 Å². The molecule has 0 heterocycles. The van der Waals surface area contributed by atoms with Crippen molar-refractivity contribution in [1.29, 1.82) is 0 Å². The smallest absolute Gasteiger partial charge is 0 e. The van der Waals surface area contributed by atoms with Crippen LogP contribution in [0, 0.1) is 0 Å². The standard InChI is InChI=1S/2O3P.H2O.W/c2*1-4(2)3;;/h;;1H2;/q2*-3;;. The summed E-state index contributed by atoms with van der Waals surface area (Å²) in [4.78, 5) is 50.9. The van der Waals surface area contributed by atoms with Gasteiger partial charge in [0.15, 0.2) is 0 Å². The maximum atomic E-state index is 8.48. The van der Waals surface area contributed by atoms with E-state index in [0.29, 0.717) is 0 Å². The zero-order valence-corrected chi connectivity index (χ0v) is 8.97. The van der Waals surface area contributed by atoms with E-state index in [1.807, 2.05) is 0 Å². The fraction of sp³-hybridized carbons (Fsp3) is 0. The van der Waals surface area contributed by atoms with Crippen LogP contribution in [0.3, 0.4) is 0 Å². The van der Waals surface area contributed by atoms with E-state index in [9.17, 15) is 0 Å². The molecule has 0 amide bonds. The maximum Gasteiger partial charge on any atom is 0 e. The monoisotopic (exact) mass is 360 g/mol. The Bertz CT molecular complexity index is 27.1. The summed E-state index contributed by atoms with van der Waals surface area (Å²) in [6, 6.07) is 0. The van der Waals surface area contributed by atoms with Crippen molar-refractivity contribution < 1.29 is 55.9 Å². The first-order valence-electron chi connectivity index (χ1n) is 1.10. The van der Waals surface area contributed by atoms with Gasteiger partial charge in [0.05, 0.1) is 0 Å². The van der Waals surface area contributed by atoms with Gasteiger partial charge in [0, 0.05) is 21.1 Å². The molecule has 0 atom stereocenters. The summed E-state index contributed by atoms with van der Waals surface area (Å²) in [7, 11) is -6.74. The molecule has 0 fully saturated rings. The van der Waals surface area contributed by atoms with Crippen molar-refractivity contribution in [2.75, 3.05) is 0 Å². The summed E-state index contributed by atoms with van der Waals surface area (Å²) in [5.74, 6) is 0. The third-order valence-electron chi connectivity index (χ3n) is 0. The first-order chi connectivity index (χ1) is 3.46. The molecule has 0 aromatic heterocycles. The molecule has 66 valence electrons. The van der Waals surface area contributed by atoms with Gasteiger partial charge in [0.25, 0.3) is 0 Å². The second-order valence-corrected chi connectivity index (χ2v) is 1.34. The molecular weight excluding hydrogens is 358 g/mol. The molecule has 0 unspecified atom stereocenters. The number of hydrogen-bond acceptors (Lipinski definition) is 6. The van der Waals surface area contributed by atoms with Crippen molar-refractivity contribution >= 4 is 17.2 Å². The van der Waals surface area contributed by atoms with E-state index in [1.54, 1.807) is 0 Å². The molecule has 2 N–H and O–H groups in total. The van der Waals surface area contributed by atoms with Crippen LogP contribution >= 0.6 is 17.2 Å². The molecule has 10 heteroatoms. The van der Waals surface area contributed by atoms with Crippen molar-refractivity contribution in [2.45, 2.75) is 0 Å². The molecular formula is H2O7P2W-6. The van der Waals surface area contributed by atoms with Crippen molar-refractivity contribution in [3.63, 3.8) is 0 Å². The van der Waals surface area contributed by atoms with Crippen molar-refractivity contribution in [3.05, 3.63) is 0 Å². The molecule has 0 aromatic rings. The minimum absolute atomic E-state index is 0. The molecule has 10 heavy (non-hydrogen) atoms. The zero-order chi connectivity index (χ0) is 7.15. The van der Waals surface area contributed by atoms with Crippen LogP contribution in [0.2, 0.25) is 0 Å². The van der Waals surface area contributed by atoms with Crippen LogP contribution in [-0.4, -0.2) is 5.48 Å². The van der Waals surface area contributed by atoms with Gasteiger partial charge in [-0.15, -0.1) is 0 Å². The average molecular weight is 360 g/mol. The van der Waals surface area contributed by atoms with E-state index in [1.165, 1.54) is 0 Å². The fourth-order valence-electron chi connectivity index (χ4n) is 0. The molecule has 0 aliphatic heterocycles. The van der Waals surface area contributed by atoms with Gasteiger partial charge < -0.3 is 52.0 Å². The van der Waals surface area contributed by atoms with E-state index in [4.69, 9.17) is 29.4 Å². The Labute approximate surface area is 73.5 Å². The van der Waals surface area contributed by atoms with Gasteiger partial charge in [-0.3, -0.25) is 0 Å². The zero-order valence-electron chi connectivity index (χ0n) is 4.25. The Hall–Kier alpha value is 1.27. The van der Waals surface area contributed by atoms with Gasteiger partial charge in [0.2, 0.25) is 0 Å². The second-order valence-electron chi connectivity index (χ2n) is 0.447. The van der Waals surface area contributed by atoms with Crippen molar-refractivity contribution in [3.8, 4) is 0 Å². The Balaban J connectivity index is -0.0000000300. The van der Waals surface area contributed by atoms with Crippen LogP contribution < -0.4 is 29.4 Å². The molecule has 0 spiro atoms. The fourth-order valence-corrected chi connectivity index (χ4v) is 0. The summed E-state index contributed by atoms with van der Waals surface area (Å²) in [6.07, 6.45) is 0. The summed E-state index contributed by atoms with van der Waals surface area (Å²) in [5, 5.41) is 0. The van der Waals surface area contributed by atoms with Gasteiger partial charge in [-0.2, -0.15) is 0 Å². The van der Waals surface area contributed by atoms with Crippen LogP contribution in [0.25, 0.3) is 0 Å². The third kappa shape index (κ3) is 394. The number of rotatable bonds is 0. The van der Waals surface area contributed by atoms with Gasteiger partial charge in [0.1, 0.15) is 0 Å². The first kappa shape index (κ1) is 22.5. The minimum Gasteiger partial charge on any atom is -0.854 e. The number of hydrogen-bond donors (Lipinski definition) is 0. The summed E-state index contributed by atoms with van der Waals surface area (Å²) >= 11 is 0. The van der Waals surface area contributed by atoms with E-state index in [0.717, 1.165) is 0 Å². The molecule has 0 radical (unpaired) electrons. The quantitative estimate of drug-likeness (QED) is 0.389. The second kappa shape index (κ2) is 16.7. The normalized spacial score (nSPS) is 7.20. The average Bonchev–Trinajstić information content (AvgIpc) is 1.25. The topological polar surface area (TPSA) is 170 Å². The van der Waals surface area contributed by atoms with Crippen molar-refractivity contribution in [1.82, 2.24) is 0 Å². The largest absolute Gasteiger partial charge is 0.854 e. The van der Waals surface area contributed by atoms with Gasteiger partial charge in [-0.25, -0.2) is 0 Å². The molecule has 7 nitrogen and oxygen atoms in total. The Morgan fingerprint density at radius 3 is 0.600 bits per heavy atom. The molecule has 0 saturated carbocycles. The van der Waals surface area contributed by atoms with E-state index in [-0.39, 0.29) is 26.5 Å². The van der Waals surface area contributed by atoms with Gasteiger partial charge >= 0.3 is 0 Å². The third-order valence-corrected chi connectivity index (χ3v) is 0. The Morgan fingerprint density at radius 1 is 0.600 bits per heavy atom. The summed E-state index contributed by atoms with van der Waals surface area (Å²) < 4.78 is 0. The SMILES string of the molecule is O.[O-]P([O-])[O-].[O-]P([O-])[O-].[W]. The van der Waals surface area contributed by atoms with Crippen LogP contribution in [0.1, 0.15) is 0 Å². The van der Waals surface area contributed by atoms with Crippen LogP contribution in [0.15, 0.2) is 0 Å². The van der Waals surface area contributed by atoms with Crippen LogP contribution in [0.4, 0.5) is 0 Å². The molecule has 0 aromatic carbocycles. The summed E-state index contributed by atoms with van der Waals surface area (Å²) in [6.45, 7) is 0. The van der Waals surface area contributed by atoms with E-state index < -0.39 is 17.2 Å². The Morgan fingerprint density at radius 2 is 0.600 bits per heavy atom. The molecule has 0 aliphatic carbocycles. The maximum absolute atomic E-state index is 8.48. The predicted molar refractivity (Wildman–Crippen MR) is 17.5 cm³/mol. The molecule has 0 rings (SSSR count). The minimum atomic E-state index is -3.37. The predicted octanol–water partition coefficient (Wildman–Crippen LogP) is -6.24.